The Morgan fingerprint density at radius 2 is 0.360 bits per heavy atom. The molecule has 0 fully saturated rings. The minimum absolute atomic E-state index is 0.110. The Morgan fingerprint density at radius 1 is 0.216 bits per heavy atom. The van der Waals surface area contributed by atoms with Gasteiger partial charge in [0.05, 0.1) is 26.4 Å². The fourth-order valence-corrected chi connectivity index (χ4v) is 16.2. The highest BCUT2D eigenvalue weighted by atomic mass is 31.2. The number of carbonyl (C=O) groups excluding carboxylic acids is 4. The Labute approximate surface area is 683 Å². The highest BCUT2D eigenvalue weighted by molar-refractivity contribution is 7.47. The van der Waals surface area contributed by atoms with Crippen LogP contribution in [0.25, 0.3) is 0 Å². The summed E-state index contributed by atoms with van der Waals surface area (Å²) in [5, 5.41) is 10.7. The third-order valence-corrected chi connectivity index (χ3v) is 23.8. The zero-order chi connectivity index (χ0) is 81.0. The van der Waals surface area contributed by atoms with Crippen LogP contribution in [0.1, 0.15) is 509 Å². The molecule has 0 rings (SSSR count). The van der Waals surface area contributed by atoms with Gasteiger partial charge in [-0.15, -0.1) is 0 Å². The van der Waals surface area contributed by atoms with Crippen LogP contribution in [-0.4, -0.2) is 96.7 Å². The van der Waals surface area contributed by atoms with Gasteiger partial charge in [-0.3, -0.25) is 37.3 Å². The second-order valence-corrected chi connectivity index (χ2v) is 36.0. The number of aliphatic hydroxyl groups is 1. The number of phosphoric ester groups is 2. The van der Waals surface area contributed by atoms with E-state index in [1.165, 1.54) is 340 Å². The van der Waals surface area contributed by atoms with E-state index in [-0.39, 0.29) is 25.7 Å². The van der Waals surface area contributed by atoms with Crippen LogP contribution in [0.2, 0.25) is 0 Å². The predicted molar refractivity (Wildman–Crippen MR) is 460 cm³/mol. The van der Waals surface area contributed by atoms with Crippen molar-refractivity contribution in [2.45, 2.75) is 528 Å². The lowest BCUT2D eigenvalue weighted by Crippen LogP contribution is -2.30. The highest BCUT2D eigenvalue weighted by Crippen LogP contribution is 2.45. The Hall–Kier alpha value is -1.94. The Bertz CT molecular complexity index is 2090. The van der Waals surface area contributed by atoms with Crippen molar-refractivity contribution in [2.75, 3.05) is 39.6 Å². The molecule has 0 aromatic carbocycles. The van der Waals surface area contributed by atoms with Gasteiger partial charge in [0.25, 0.3) is 0 Å². The minimum Gasteiger partial charge on any atom is -0.462 e. The van der Waals surface area contributed by atoms with Crippen LogP contribution in [0.15, 0.2) is 0 Å². The molecule has 0 bridgehead atoms. The smallest absolute Gasteiger partial charge is 0.462 e. The summed E-state index contributed by atoms with van der Waals surface area (Å²) in [5.41, 5.74) is 0. The summed E-state index contributed by atoms with van der Waals surface area (Å²) in [6, 6.07) is 0. The zero-order valence-corrected chi connectivity index (χ0v) is 74.7. The van der Waals surface area contributed by atoms with E-state index in [9.17, 15) is 43.2 Å². The molecule has 660 valence electrons. The maximum Gasteiger partial charge on any atom is 0.472 e. The summed E-state index contributed by atoms with van der Waals surface area (Å²) < 4.78 is 69.0. The number of hydrogen-bond donors (Lipinski definition) is 3. The van der Waals surface area contributed by atoms with Gasteiger partial charge in [-0.25, -0.2) is 9.13 Å². The molecule has 0 heterocycles. The summed E-state index contributed by atoms with van der Waals surface area (Å²) in [4.78, 5) is 73.4. The molecule has 0 aromatic rings. The van der Waals surface area contributed by atoms with Crippen LogP contribution in [-0.2, 0) is 65.4 Å². The van der Waals surface area contributed by atoms with Crippen molar-refractivity contribution in [2.24, 2.45) is 0 Å². The minimum atomic E-state index is -4.97. The van der Waals surface area contributed by atoms with Gasteiger partial charge in [-0.1, -0.05) is 458 Å². The summed E-state index contributed by atoms with van der Waals surface area (Å²) in [6.07, 6.45) is 83.6. The van der Waals surface area contributed by atoms with Gasteiger partial charge in [0, 0.05) is 25.7 Å². The Balaban J connectivity index is 5.18. The van der Waals surface area contributed by atoms with E-state index in [4.69, 9.17) is 37.0 Å². The molecule has 0 saturated carbocycles. The average Bonchev–Trinajstić information content (AvgIpc) is 0.898. The van der Waals surface area contributed by atoms with E-state index in [0.29, 0.717) is 25.7 Å². The van der Waals surface area contributed by atoms with Gasteiger partial charge < -0.3 is 33.8 Å². The third-order valence-electron chi connectivity index (χ3n) is 21.9. The van der Waals surface area contributed by atoms with Crippen molar-refractivity contribution in [3.05, 3.63) is 0 Å². The van der Waals surface area contributed by atoms with Gasteiger partial charge in [0.1, 0.15) is 19.3 Å². The molecule has 0 radical (unpaired) electrons. The first-order chi connectivity index (χ1) is 54.2. The number of aliphatic hydroxyl groups excluding tert-OH is 1. The molecule has 0 spiro atoms. The van der Waals surface area contributed by atoms with Gasteiger partial charge in [0.15, 0.2) is 12.2 Å². The maximum absolute atomic E-state index is 13.2. The van der Waals surface area contributed by atoms with Crippen LogP contribution in [0.3, 0.4) is 0 Å². The van der Waals surface area contributed by atoms with Crippen LogP contribution in [0, 0.1) is 0 Å². The number of rotatable bonds is 93. The zero-order valence-electron chi connectivity index (χ0n) is 73.0. The largest absolute Gasteiger partial charge is 0.472 e. The first kappa shape index (κ1) is 109. The molecule has 0 aliphatic heterocycles. The topological polar surface area (TPSA) is 237 Å². The fraction of sp³-hybridized carbons (Fsp3) is 0.957. The lowest BCUT2D eigenvalue weighted by molar-refractivity contribution is -0.161. The first-order valence-electron chi connectivity index (χ1n) is 47.8. The molecular weight excluding hydrogens is 1440 g/mol. The molecule has 0 aliphatic carbocycles. The normalized spacial score (nSPS) is 13.6. The maximum atomic E-state index is 13.2. The molecule has 3 N–H and O–H groups in total. The number of unbranched alkanes of at least 4 members (excludes halogenated alkanes) is 67. The fourth-order valence-electron chi connectivity index (χ4n) is 14.6. The van der Waals surface area contributed by atoms with Crippen LogP contribution >= 0.6 is 15.6 Å². The number of phosphoric acid groups is 2. The molecule has 0 aromatic heterocycles. The summed E-state index contributed by atoms with van der Waals surface area (Å²) in [7, 11) is -9.93. The molecule has 2 unspecified atom stereocenters. The van der Waals surface area contributed by atoms with Gasteiger partial charge in [-0.05, 0) is 25.7 Å². The molecule has 19 heteroatoms. The van der Waals surface area contributed by atoms with E-state index in [1.54, 1.807) is 0 Å². The number of ether oxygens (including phenoxy) is 4. The molecule has 0 saturated heterocycles. The van der Waals surface area contributed by atoms with E-state index in [1.807, 2.05) is 0 Å². The number of hydrogen-bond acceptors (Lipinski definition) is 15. The van der Waals surface area contributed by atoms with Crippen molar-refractivity contribution >= 4 is 39.5 Å². The van der Waals surface area contributed by atoms with Gasteiger partial charge >= 0.3 is 39.5 Å². The molecule has 17 nitrogen and oxygen atoms in total. The van der Waals surface area contributed by atoms with E-state index in [0.717, 1.165) is 89.9 Å². The summed E-state index contributed by atoms with van der Waals surface area (Å²) in [5.74, 6) is -2.09. The van der Waals surface area contributed by atoms with Crippen molar-refractivity contribution in [3.63, 3.8) is 0 Å². The van der Waals surface area contributed by atoms with Crippen molar-refractivity contribution < 1.29 is 80.2 Å². The average molecular weight is 1620 g/mol. The van der Waals surface area contributed by atoms with Crippen molar-refractivity contribution in [3.8, 4) is 0 Å². The second kappa shape index (κ2) is 85.9. The number of esters is 4. The predicted octanol–water partition coefficient (Wildman–Crippen LogP) is 28.9. The van der Waals surface area contributed by atoms with Crippen LogP contribution in [0.4, 0.5) is 0 Å². The summed E-state index contributed by atoms with van der Waals surface area (Å²) in [6.45, 7) is 5.07. The van der Waals surface area contributed by atoms with Crippen molar-refractivity contribution in [1.29, 1.82) is 0 Å². The van der Waals surface area contributed by atoms with E-state index in [2.05, 4.69) is 27.7 Å². The monoisotopic (exact) mass is 1620 g/mol. The van der Waals surface area contributed by atoms with Crippen LogP contribution in [0.5, 0.6) is 0 Å². The molecule has 5 atom stereocenters. The van der Waals surface area contributed by atoms with E-state index < -0.39 is 97.5 Å². The molecule has 111 heavy (non-hydrogen) atoms. The quantitative estimate of drug-likeness (QED) is 0.0222. The molecular formula is C92H180O17P2. The number of carbonyl (C=O) groups is 4. The first-order valence-corrected chi connectivity index (χ1v) is 50.8. The van der Waals surface area contributed by atoms with Crippen molar-refractivity contribution in [1.82, 2.24) is 0 Å². The highest BCUT2D eigenvalue weighted by Gasteiger charge is 2.31. The Kier molecular flexibility index (Phi) is 84.4. The third kappa shape index (κ3) is 85.8. The van der Waals surface area contributed by atoms with Gasteiger partial charge in [-0.2, -0.15) is 0 Å². The van der Waals surface area contributed by atoms with E-state index >= 15 is 0 Å². The lowest BCUT2D eigenvalue weighted by atomic mass is 10.0. The summed E-state index contributed by atoms with van der Waals surface area (Å²) >= 11 is 0. The molecule has 0 amide bonds. The lowest BCUT2D eigenvalue weighted by Gasteiger charge is -2.21. The van der Waals surface area contributed by atoms with Gasteiger partial charge in [0.2, 0.25) is 0 Å². The SMILES string of the molecule is CCCCCCCCCCCCCCCCCCCCCCCC(=O)OC[C@H](COP(=O)(O)OC[C@@H](O)COP(=O)(O)OC[C@@H](COC(=O)CCCCCCCCCCC)OC(=O)CCCCCCCCCCCCCCCCCCCCCC)OC(=O)CCCCCCCCCCCCCCCCCCCCCCC. The standard InChI is InChI=1S/C92H180O17P2/c1-5-9-13-17-21-25-28-31-34-37-40-43-46-48-51-54-57-61-65-69-73-77-90(95)103-83-88(109-92(97)79-75-71-67-63-59-56-53-50-47-44-41-38-35-32-29-26-22-18-14-10-6-2)85-107-111(100,101)105-81-86(93)80-104-110(98,99)106-84-87(82-102-89(94)76-72-68-64-60-24-20-16-12-8-4)108-91(96)78-74-70-66-62-58-55-52-49-45-42-39-36-33-30-27-23-19-15-11-7-3/h86-88,93H,5-85H2,1-4H3,(H,98,99)(H,100,101)/t86-,87+,88+/m0/s1. The molecule has 0 aliphatic rings. The Morgan fingerprint density at radius 3 is 0.532 bits per heavy atom. The second-order valence-electron chi connectivity index (χ2n) is 33.1. The van der Waals surface area contributed by atoms with Crippen LogP contribution < -0.4 is 0 Å².